The van der Waals surface area contributed by atoms with E-state index >= 15 is 0 Å². The zero-order valence-electron chi connectivity index (χ0n) is 11.2. The lowest BCUT2D eigenvalue weighted by molar-refractivity contribution is 0.0711. The van der Waals surface area contributed by atoms with Crippen LogP contribution >= 0.6 is 23.2 Å². The second kappa shape index (κ2) is 5.46. The van der Waals surface area contributed by atoms with Crippen molar-refractivity contribution in [3.8, 4) is 0 Å². The number of aliphatic hydroxyl groups is 1. The second-order valence-corrected chi connectivity index (χ2v) is 6.05. The van der Waals surface area contributed by atoms with Crippen LogP contribution in [0.15, 0.2) is 16.9 Å². The lowest BCUT2D eigenvalue weighted by Gasteiger charge is -2.27. The molecule has 6 nitrogen and oxygen atoms in total. The van der Waals surface area contributed by atoms with E-state index in [0.717, 1.165) is 11.1 Å². The summed E-state index contributed by atoms with van der Waals surface area (Å²) >= 11 is 12.3. The molecule has 112 valence electrons. The number of hydrogen-bond acceptors (Lipinski definition) is 4. The standard InChI is InChI=1S/C13H14Cl2N4O2/c1-19(5-11-16-13(21)18-17-11)12-8-2-6(14)3-9(15)7(8)4-10(12)20/h2-3,10,12,20H,4-5H2,1H3,(H2,16,17,18,21)/t10-,12-/m1/s1. The summed E-state index contributed by atoms with van der Waals surface area (Å²) in [5.41, 5.74) is 1.48. The Bertz CT molecular complexity index is 727. The first-order chi connectivity index (χ1) is 9.95. The molecule has 0 amide bonds. The molecule has 0 saturated carbocycles. The maximum atomic E-state index is 11.1. The summed E-state index contributed by atoms with van der Waals surface area (Å²) in [5, 5.41) is 17.6. The molecule has 1 aromatic carbocycles. The van der Waals surface area contributed by atoms with Crippen molar-refractivity contribution in [1.82, 2.24) is 20.1 Å². The summed E-state index contributed by atoms with van der Waals surface area (Å²) in [6.07, 6.45) is -0.0936. The summed E-state index contributed by atoms with van der Waals surface area (Å²) in [4.78, 5) is 15.6. The minimum absolute atomic E-state index is 0.239. The molecule has 0 saturated heterocycles. The molecule has 1 aliphatic rings. The van der Waals surface area contributed by atoms with E-state index in [4.69, 9.17) is 23.2 Å². The molecule has 8 heteroatoms. The molecule has 0 spiro atoms. The molecule has 1 aliphatic carbocycles. The van der Waals surface area contributed by atoms with Crippen molar-refractivity contribution in [3.05, 3.63) is 49.6 Å². The number of fused-ring (bicyclic) bond motifs is 1. The molecule has 0 radical (unpaired) electrons. The number of aromatic amines is 2. The molecule has 21 heavy (non-hydrogen) atoms. The van der Waals surface area contributed by atoms with Crippen LogP contribution in [-0.4, -0.2) is 38.3 Å². The van der Waals surface area contributed by atoms with Gasteiger partial charge in [0.15, 0.2) is 0 Å². The Morgan fingerprint density at radius 3 is 2.90 bits per heavy atom. The number of benzene rings is 1. The summed E-state index contributed by atoms with van der Waals surface area (Å²) in [7, 11) is 1.85. The van der Waals surface area contributed by atoms with Crippen molar-refractivity contribution < 1.29 is 5.11 Å². The lowest BCUT2D eigenvalue weighted by Crippen LogP contribution is -2.31. The highest BCUT2D eigenvalue weighted by Crippen LogP contribution is 2.40. The van der Waals surface area contributed by atoms with E-state index in [1.807, 2.05) is 18.0 Å². The van der Waals surface area contributed by atoms with Gasteiger partial charge in [-0.2, -0.15) is 5.10 Å². The van der Waals surface area contributed by atoms with Gasteiger partial charge < -0.3 is 5.11 Å². The average Bonchev–Trinajstić information content (AvgIpc) is 2.92. The second-order valence-electron chi connectivity index (χ2n) is 5.21. The van der Waals surface area contributed by atoms with E-state index < -0.39 is 6.10 Å². The molecule has 1 heterocycles. The Labute approximate surface area is 130 Å². The number of nitrogens with one attached hydrogen (secondary N) is 2. The van der Waals surface area contributed by atoms with Crippen LogP contribution < -0.4 is 5.69 Å². The van der Waals surface area contributed by atoms with Gasteiger partial charge in [0, 0.05) is 16.5 Å². The monoisotopic (exact) mass is 328 g/mol. The third kappa shape index (κ3) is 2.72. The predicted octanol–water partition coefficient (Wildman–Crippen LogP) is 1.49. The molecule has 1 aromatic heterocycles. The molecule has 2 aromatic rings. The van der Waals surface area contributed by atoms with Crippen LogP contribution in [0.25, 0.3) is 0 Å². The normalized spacial score (nSPS) is 21.0. The smallest absolute Gasteiger partial charge is 0.340 e. The number of nitrogens with zero attached hydrogens (tertiary/aromatic N) is 2. The van der Waals surface area contributed by atoms with Gasteiger partial charge in [0.25, 0.3) is 0 Å². The highest BCUT2D eigenvalue weighted by atomic mass is 35.5. The number of halogens is 2. The highest BCUT2D eigenvalue weighted by Gasteiger charge is 2.35. The fourth-order valence-electron chi connectivity index (χ4n) is 2.88. The third-order valence-corrected chi connectivity index (χ3v) is 4.27. The quantitative estimate of drug-likeness (QED) is 0.797. The zero-order chi connectivity index (χ0) is 15.1. The van der Waals surface area contributed by atoms with Gasteiger partial charge in [0.2, 0.25) is 0 Å². The van der Waals surface area contributed by atoms with Gasteiger partial charge in [-0.3, -0.25) is 9.88 Å². The molecule has 0 unspecified atom stereocenters. The van der Waals surface area contributed by atoms with Gasteiger partial charge in [-0.25, -0.2) is 9.89 Å². The first-order valence-corrected chi connectivity index (χ1v) is 7.21. The molecule has 2 atom stereocenters. The zero-order valence-corrected chi connectivity index (χ0v) is 12.7. The summed E-state index contributed by atoms with van der Waals surface area (Å²) in [6.45, 7) is 0.393. The first kappa shape index (κ1) is 14.6. The van der Waals surface area contributed by atoms with E-state index in [1.54, 1.807) is 6.07 Å². The average molecular weight is 329 g/mol. The van der Waals surface area contributed by atoms with Crippen molar-refractivity contribution in [3.63, 3.8) is 0 Å². The number of aliphatic hydroxyl groups excluding tert-OH is 1. The van der Waals surface area contributed by atoms with Crippen LogP contribution in [0.1, 0.15) is 23.0 Å². The number of likely N-dealkylation sites (N-methyl/N-ethyl adjacent to an activating group) is 1. The van der Waals surface area contributed by atoms with E-state index in [0.29, 0.717) is 28.8 Å². The Kier molecular flexibility index (Phi) is 3.79. The summed E-state index contributed by atoms with van der Waals surface area (Å²) in [6, 6.07) is 3.27. The fraction of sp³-hybridized carbons (Fsp3) is 0.385. The Morgan fingerprint density at radius 2 is 2.24 bits per heavy atom. The summed E-state index contributed by atoms with van der Waals surface area (Å²) in [5.74, 6) is 0.510. The number of H-pyrrole nitrogens is 2. The third-order valence-electron chi connectivity index (χ3n) is 3.72. The minimum atomic E-state index is -0.577. The Balaban J connectivity index is 1.91. The highest BCUT2D eigenvalue weighted by molar-refractivity contribution is 6.35. The molecule has 3 rings (SSSR count). The topological polar surface area (TPSA) is 85.0 Å². The Morgan fingerprint density at radius 1 is 1.48 bits per heavy atom. The largest absolute Gasteiger partial charge is 0.391 e. The van der Waals surface area contributed by atoms with Gasteiger partial charge >= 0.3 is 5.69 Å². The van der Waals surface area contributed by atoms with Gasteiger partial charge in [-0.1, -0.05) is 23.2 Å². The SMILES string of the molecule is CN(Cc1n[nH]c(=O)[nH]1)[C@@H]1c2cc(Cl)cc(Cl)c2C[C@H]1O. The van der Waals surface area contributed by atoms with E-state index in [1.165, 1.54) is 0 Å². The maximum absolute atomic E-state index is 11.1. The van der Waals surface area contributed by atoms with Crippen molar-refractivity contribution in [2.75, 3.05) is 7.05 Å². The minimum Gasteiger partial charge on any atom is -0.391 e. The van der Waals surface area contributed by atoms with Crippen molar-refractivity contribution in [1.29, 1.82) is 0 Å². The lowest BCUT2D eigenvalue weighted by atomic mass is 10.1. The van der Waals surface area contributed by atoms with Crippen LogP contribution in [0.5, 0.6) is 0 Å². The molecule has 3 N–H and O–H groups in total. The van der Waals surface area contributed by atoms with Crippen LogP contribution in [0, 0.1) is 0 Å². The number of aromatic nitrogens is 3. The molecular weight excluding hydrogens is 315 g/mol. The summed E-state index contributed by atoms with van der Waals surface area (Å²) < 4.78 is 0. The fourth-order valence-corrected chi connectivity index (χ4v) is 3.46. The van der Waals surface area contributed by atoms with Crippen molar-refractivity contribution in [2.45, 2.75) is 25.1 Å². The molecule has 0 aliphatic heterocycles. The van der Waals surface area contributed by atoms with Crippen LogP contribution in [0.4, 0.5) is 0 Å². The van der Waals surface area contributed by atoms with Gasteiger partial charge in [0.05, 0.1) is 18.7 Å². The first-order valence-electron chi connectivity index (χ1n) is 6.45. The predicted molar refractivity (Wildman–Crippen MR) is 79.6 cm³/mol. The van der Waals surface area contributed by atoms with E-state index in [9.17, 15) is 9.90 Å². The number of rotatable bonds is 3. The van der Waals surface area contributed by atoms with Crippen molar-refractivity contribution >= 4 is 23.2 Å². The van der Waals surface area contributed by atoms with Crippen LogP contribution in [-0.2, 0) is 13.0 Å². The van der Waals surface area contributed by atoms with Gasteiger partial charge in [-0.15, -0.1) is 0 Å². The van der Waals surface area contributed by atoms with Gasteiger partial charge in [-0.05, 0) is 30.3 Å². The number of hydrogen-bond donors (Lipinski definition) is 3. The van der Waals surface area contributed by atoms with Crippen molar-refractivity contribution in [2.24, 2.45) is 0 Å². The van der Waals surface area contributed by atoms with E-state index in [2.05, 4.69) is 15.2 Å². The maximum Gasteiger partial charge on any atom is 0.340 e. The van der Waals surface area contributed by atoms with Crippen LogP contribution in [0.3, 0.4) is 0 Å². The van der Waals surface area contributed by atoms with Crippen LogP contribution in [0.2, 0.25) is 10.0 Å². The molecular formula is C13H14Cl2N4O2. The van der Waals surface area contributed by atoms with Gasteiger partial charge in [0.1, 0.15) is 5.82 Å². The molecule has 0 bridgehead atoms. The molecule has 0 fully saturated rings. The Hall–Kier alpha value is -1.34. The van der Waals surface area contributed by atoms with E-state index in [-0.39, 0.29) is 11.7 Å².